The predicted molar refractivity (Wildman–Crippen MR) is 50.8 cm³/mol. The Hall–Kier alpha value is -1.18. The van der Waals surface area contributed by atoms with E-state index in [1.807, 2.05) is 33.0 Å². The van der Waals surface area contributed by atoms with Gasteiger partial charge in [-0.2, -0.15) is 0 Å². The van der Waals surface area contributed by atoms with Crippen molar-refractivity contribution in [3.8, 4) is 0 Å². The van der Waals surface area contributed by atoms with Gasteiger partial charge in [-0.25, -0.2) is 0 Å². The molecule has 0 fully saturated rings. The fraction of sp³-hybridized carbons (Fsp3) is 0.455. The summed E-state index contributed by atoms with van der Waals surface area (Å²) in [4.78, 5) is 16.1. The standard InChI is InChI=1S/C11H13NO/c1-7-4-8-9(12-6-7)5-11(2,3)10(8)13/h4,6H,5H2,1-3H3. The van der Waals surface area contributed by atoms with Crippen molar-refractivity contribution >= 4 is 5.78 Å². The lowest BCUT2D eigenvalue weighted by atomic mass is 9.89. The lowest BCUT2D eigenvalue weighted by Gasteiger charge is -2.12. The average molecular weight is 175 g/mol. The van der Waals surface area contributed by atoms with E-state index < -0.39 is 0 Å². The molecule has 68 valence electrons. The van der Waals surface area contributed by atoms with Gasteiger partial charge in [0.2, 0.25) is 0 Å². The van der Waals surface area contributed by atoms with E-state index in [0.29, 0.717) is 0 Å². The smallest absolute Gasteiger partial charge is 0.170 e. The van der Waals surface area contributed by atoms with E-state index in [0.717, 1.165) is 23.2 Å². The van der Waals surface area contributed by atoms with Crippen LogP contribution >= 0.6 is 0 Å². The fourth-order valence-corrected chi connectivity index (χ4v) is 1.80. The van der Waals surface area contributed by atoms with Crippen LogP contribution in [0.3, 0.4) is 0 Å². The second kappa shape index (κ2) is 2.41. The molecule has 0 spiro atoms. The van der Waals surface area contributed by atoms with E-state index in [9.17, 15) is 4.79 Å². The van der Waals surface area contributed by atoms with Crippen LogP contribution in [-0.4, -0.2) is 10.8 Å². The average Bonchev–Trinajstić information content (AvgIpc) is 2.26. The summed E-state index contributed by atoms with van der Waals surface area (Å²) in [7, 11) is 0. The van der Waals surface area contributed by atoms with Crippen molar-refractivity contribution in [3.63, 3.8) is 0 Å². The van der Waals surface area contributed by atoms with Crippen LogP contribution < -0.4 is 0 Å². The minimum Gasteiger partial charge on any atom is -0.293 e. The number of carbonyl (C=O) groups excluding carboxylic acids is 1. The maximum Gasteiger partial charge on any atom is 0.170 e. The molecule has 1 aromatic heterocycles. The molecular formula is C11H13NO. The van der Waals surface area contributed by atoms with Gasteiger partial charge in [-0.3, -0.25) is 9.78 Å². The highest BCUT2D eigenvalue weighted by atomic mass is 16.1. The molecule has 1 aliphatic rings. The number of carbonyl (C=O) groups is 1. The number of aromatic nitrogens is 1. The maximum absolute atomic E-state index is 11.8. The zero-order valence-corrected chi connectivity index (χ0v) is 8.22. The minimum atomic E-state index is -0.247. The van der Waals surface area contributed by atoms with Crippen LogP contribution in [0.5, 0.6) is 0 Å². The highest BCUT2D eigenvalue weighted by Gasteiger charge is 2.38. The number of ketones is 1. The Morgan fingerprint density at radius 3 is 2.85 bits per heavy atom. The van der Waals surface area contributed by atoms with E-state index in [1.165, 1.54) is 0 Å². The molecule has 2 heteroatoms. The van der Waals surface area contributed by atoms with Crippen molar-refractivity contribution in [2.45, 2.75) is 27.2 Å². The molecule has 0 unspecified atom stereocenters. The third-order valence-corrected chi connectivity index (χ3v) is 2.58. The van der Waals surface area contributed by atoms with E-state index >= 15 is 0 Å². The zero-order valence-electron chi connectivity index (χ0n) is 8.22. The Kier molecular flexibility index (Phi) is 1.56. The molecule has 0 atom stereocenters. The molecule has 0 saturated carbocycles. The first kappa shape index (κ1) is 8.42. The topological polar surface area (TPSA) is 30.0 Å². The van der Waals surface area contributed by atoms with Crippen LogP contribution in [0.4, 0.5) is 0 Å². The van der Waals surface area contributed by atoms with Crippen LogP contribution in [0.25, 0.3) is 0 Å². The first-order valence-corrected chi connectivity index (χ1v) is 4.51. The van der Waals surface area contributed by atoms with Crippen LogP contribution in [0.2, 0.25) is 0 Å². The SMILES string of the molecule is Cc1cnc2c(c1)C(=O)C(C)(C)C2. The molecule has 0 saturated heterocycles. The molecule has 13 heavy (non-hydrogen) atoms. The number of pyridine rings is 1. The van der Waals surface area contributed by atoms with Crippen LogP contribution in [-0.2, 0) is 6.42 Å². The summed E-state index contributed by atoms with van der Waals surface area (Å²) in [6.45, 7) is 5.92. The summed E-state index contributed by atoms with van der Waals surface area (Å²) in [5.41, 5.74) is 2.60. The van der Waals surface area contributed by atoms with E-state index in [4.69, 9.17) is 0 Å². The van der Waals surface area contributed by atoms with Gasteiger partial charge in [-0.05, 0) is 18.6 Å². The van der Waals surface area contributed by atoms with Crippen molar-refractivity contribution in [1.82, 2.24) is 4.98 Å². The third-order valence-electron chi connectivity index (χ3n) is 2.58. The highest BCUT2D eigenvalue weighted by molar-refractivity contribution is 6.04. The Labute approximate surface area is 78.0 Å². The van der Waals surface area contributed by atoms with Crippen molar-refractivity contribution in [2.24, 2.45) is 5.41 Å². The minimum absolute atomic E-state index is 0.235. The van der Waals surface area contributed by atoms with Crippen molar-refractivity contribution in [1.29, 1.82) is 0 Å². The summed E-state index contributed by atoms with van der Waals surface area (Å²) in [5, 5.41) is 0. The molecule has 2 nitrogen and oxygen atoms in total. The zero-order chi connectivity index (χ0) is 9.64. The van der Waals surface area contributed by atoms with Crippen LogP contribution in [0, 0.1) is 12.3 Å². The fourth-order valence-electron chi connectivity index (χ4n) is 1.80. The number of Topliss-reactive ketones (excluding diaryl/α,β-unsaturated/α-hetero) is 1. The lowest BCUT2D eigenvalue weighted by molar-refractivity contribution is 0.0863. The summed E-state index contributed by atoms with van der Waals surface area (Å²) in [6, 6.07) is 1.94. The molecule has 0 amide bonds. The molecule has 0 bridgehead atoms. The van der Waals surface area contributed by atoms with Crippen molar-refractivity contribution in [2.75, 3.05) is 0 Å². The van der Waals surface area contributed by atoms with Gasteiger partial charge < -0.3 is 0 Å². The van der Waals surface area contributed by atoms with Gasteiger partial charge in [0.1, 0.15) is 0 Å². The van der Waals surface area contributed by atoms with Crippen LogP contribution in [0.15, 0.2) is 12.3 Å². The Balaban J connectivity index is 2.57. The van der Waals surface area contributed by atoms with Crippen molar-refractivity contribution in [3.05, 3.63) is 29.1 Å². The second-order valence-corrected chi connectivity index (χ2v) is 4.40. The molecule has 0 N–H and O–H groups in total. The number of rotatable bonds is 0. The van der Waals surface area contributed by atoms with Gasteiger partial charge in [-0.15, -0.1) is 0 Å². The summed E-state index contributed by atoms with van der Waals surface area (Å²) < 4.78 is 0. The predicted octanol–water partition coefficient (Wildman–Crippen LogP) is 2.16. The quantitative estimate of drug-likeness (QED) is 0.604. The molecule has 0 aromatic carbocycles. The number of hydrogen-bond acceptors (Lipinski definition) is 2. The number of nitrogens with zero attached hydrogens (tertiary/aromatic N) is 1. The summed E-state index contributed by atoms with van der Waals surface area (Å²) in [5.74, 6) is 0.235. The monoisotopic (exact) mass is 175 g/mol. The molecular weight excluding hydrogens is 162 g/mol. The third kappa shape index (κ3) is 1.17. The van der Waals surface area contributed by atoms with E-state index in [-0.39, 0.29) is 11.2 Å². The molecule has 1 aromatic rings. The largest absolute Gasteiger partial charge is 0.293 e. The summed E-state index contributed by atoms with van der Waals surface area (Å²) >= 11 is 0. The molecule has 0 radical (unpaired) electrons. The highest BCUT2D eigenvalue weighted by Crippen LogP contribution is 2.34. The molecule has 2 rings (SSSR count). The molecule has 0 aliphatic heterocycles. The lowest BCUT2D eigenvalue weighted by Crippen LogP contribution is -2.18. The molecule has 1 heterocycles. The number of hydrogen-bond donors (Lipinski definition) is 0. The molecule has 1 aliphatic carbocycles. The number of aryl methyl sites for hydroxylation is 1. The number of fused-ring (bicyclic) bond motifs is 1. The van der Waals surface area contributed by atoms with Gasteiger partial charge in [0.05, 0.1) is 5.69 Å². The van der Waals surface area contributed by atoms with Gasteiger partial charge in [-0.1, -0.05) is 13.8 Å². The van der Waals surface area contributed by atoms with Gasteiger partial charge >= 0.3 is 0 Å². The normalized spacial score (nSPS) is 18.8. The van der Waals surface area contributed by atoms with Gasteiger partial charge in [0, 0.05) is 23.6 Å². The second-order valence-electron chi connectivity index (χ2n) is 4.40. The van der Waals surface area contributed by atoms with Gasteiger partial charge in [0.15, 0.2) is 5.78 Å². The first-order valence-electron chi connectivity index (χ1n) is 4.51. The van der Waals surface area contributed by atoms with E-state index in [2.05, 4.69) is 4.98 Å². The van der Waals surface area contributed by atoms with Crippen molar-refractivity contribution < 1.29 is 4.79 Å². The Bertz CT molecular complexity index is 380. The van der Waals surface area contributed by atoms with Crippen LogP contribution in [0.1, 0.15) is 35.5 Å². The Morgan fingerprint density at radius 2 is 2.15 bits per heavy atom. The maximum atomic E-state index is 11.8. The van der Waals surface area contributed by atoms with E-state index in [1.54, 1.807) is 0 Å². The summed E-state index contributed by atoms with van der Waals surface area (Å²) in [6.07, 6.45) is 2.61. The Morgan fingerprint density at radius 1 is 1.46 bits per heavy atom. The van der Waals surface area contributed by atoms with Gasteiger partial charge in [0.25, 0.3) is 0 Å². The first-order chi connectivity index (χ1) is 6.00.